The van der Waals surface area contributed by atoms with Crippen LogP contribution >= 0.6 is 11.6 Å². The predicted molar refractivity (Wildman–Crippen MR) is 86.1 cm³/mol. The van der Waals surface area contributed by atoms with Crippen molar-refractivity contribution in [2.45, 2.75) is 12.5 Å². The van der Waals surface area contributed by atoms with Crippen LogP contribution < -0.4 is 10.9 Å². The smallest absolute Gasteiger partial charge is 0.265 e. The molecule has 4 heteroatoms. The standard InChI is InChI=1S/C17H17ClN2O/c1-2-7-16(14-10-6-11-15(18)12-14)19-20-17(21)13-8-4-3-5-9-13/h2-6,8-12,16,19H,1,7H2,(H,20,21)/t16-/m0/s1. The molecule has 0 saturated heterocycles. The molecule has 3 nitrogen and oxygen atoms in total. The van der Waals surface area contributed by atoms with Crippen LogP contribution in [0.4, 0.5) is 0 Å². The fourth-order valence-corrected chi connectivity index (χ4v) is 2.18. The normalized spacial score (nSPS) is 11.7. The van der Waals surface area contributed by atoms with E-state index in [1.807, 2.05) is 42.5 Å². The number of hydrazine groups is 1. The molecule has 1 amide bonds. The van der Waals surface area contributed by atoms with Crippen molar-refractivity contribution in [2.24, 2.45) is 0 Å². The lowest BCUT2D eigenvalue weighted by molar-refractivity contribution is 0.0925. The summed E-state index contributed by atoms with van der Waals surface area (Å²) in [6.07, 6.45) is 2.47. The number of benzene rings is 2. The first-order valence-electron chi connectivity index (χ1n) is 6.68. The van der Waals surface area contributed by atoms with Crippen LogP contribution in [0.25, 0.3) is 0 Å². The van der Waals surface area contributed by atoms with Gasteiger partial charge in [0, 0.05) is 10.6 Å². The molecule has 2 aromatic rings. The average Bonchev–Trinajstić information content (AvgIpc) is 2.52. The molecular weight excluding hydrogens is 284 g/mol. The molecule has 0 aliphatic rings. The molecule has 0 saturated carbocycles. The Morgan fingerprint density at radius 1 is 1.19 bits per heavy atom. The van der Waals surface area contributed by atoms with Gasteiger partial charge < -0.3 is 0 Å². The number of carbonyl (C=O) groups excluding carboxylic acids is 1. The second-order valence-corrected chi connectivity index (χ2v) is 5.03. The van der Waals surface area contributed by atoms with Gasteiger partial charge >= 0.3 is 0 Å². The van der Waals surface area contributed by atoms with Crippen LogP contribution in [-0.4, -0.2) is 5.91 Å². The first-order valence-corrected chi connectivity index (χ1v) is 7.06. The maximum atomic E-state index is 12.0. The molecule has 0 fully saturated rings. The fraction of sp³-hybridized carbons (Fsp3) is 0.118. The van der Waals surface area contributed by atoms with Crippen LogP contribution in [0, 0.1) is 0 Å². The number of halogens is 1. The van der Waals surface area contributed by atoms with Crippen molar-refractivity contribution >= 4 is 17.5 Å². The highest BCUT2D eigenvalue weighted by Crippen LogP contribution is 2.20. The van der Waals surface area contributed by atoms with Gasteiger partial charge in [-0.3, -0.25) is 10.2 Å². The first kappa shape index (κ1) is 15.3. The maximum absolute atomic E-state index is 12.0. The largest absolute Gasteiger partial charge is 0.287 e. The Morgan fingerprint density at radius 2 is 1.95 bits per heavy atom. The van der Waals surface area contributed by atoms with Crippen molar-refractivity contribution in [1.29, 1.82) is 0 Å². The van der Waals surface area contributed by atoms with E-state index in [2.05, 4.69) is 17.4 Å². The number of hydrogen-bond donors (Lipinski definition) is 2. The van der Waals surface area contributed by atoms with Crippen LogP contribution in [0.5, 0.6) is 0 Å². The van der Waals surface area contributed by atoms with E-state index in [1.54, 1.807) is 18.2 Å². The summed E-state index contributed by atoms with van der Waals surface area (Å²) in [6, 6.07) is 16.5. The van der Waals surface area contributed by atoms with E-state index in [4.69, 9.17) is 11.6 Å². The molecule has 2 rings (SSSR count). The molecule has 2 aromatic carbocycles. The fourth-order valence-electron chi connectivity index (χ4n) is 1.98. The summed E-state index contributed by atoms with van der Waals surface area (Å²) >= 11 is 6.01. The molecule has 108 valence electrons. The quantitative estimate of drug-likeness (QED) is 0.627. The molecule has 1 atom stereocenters. The second-order valence-electron chi connectivity index (χ2n) is 4.60. The summed E-state index contributed by atoms with van der Waals surface area (Å²) in [4.78, 5) is 12.0. The van der Waals surface area contributed by atoms with Gasteiger partial charge in [-0.25, -0.2) is 5.43 Å². The minimum atomic E-state index is -0.174. The molecule has 0 spiro atoms. The molecule has 0 aromatic heterocycles. The Hall–Kier alpha value is -2.10. The van der Waals surface area contributed by atoms with Crippen LogP contribution in [-0.2, 0) is 0 Å². The number of rotatable bonds is 6. The molecule has 0 bridgehead atoms. The molecule has 0 aliphatic carbocycles. The van der Waals surface area contributed by atoms with Crippen molar-refractivity contribution in [3.05, 3.63) is 83.4 Å². The maximum Gasteiger partial charge on any atom is 0.265 e. The van der Waals surface area contributed by atoms with Crippen molar-refractivity contribution < 1.29 is 4.79 Å². The topological polar surface area (TPSA) is 41.1 Å². The van der Waals surface area contributed by atoms with E-state index in [9.17, 15) is 4.79 Å². The highest BCUT2D eigenvalue weighted by molar-refractivity contribution is 6.30. The van der Waals surface area contributed by atoms with Gasteiger partial charge in [-0.1, -0.05) is 48.0 Å². The molecule has 21 heavy (non-hydrogen) atoms. The SMILES string of the molecule is C=CC[C@H](NNC(=O)c1ccccc1)c1cccc(Cl)c1. The van der Waals surface area contributed by atoms with Gasteiger partial charge in [-0.2, -0.15) is 0 Å². The zero-order valence-corrected chi connectivity index (χ0v) is 12.3. The van der Waals surface area contributed by atoms with Crippen LogP contribution in [0.3, 0.4) is 0 Å². The predicted octanol–water partition coefficient (Wildman–Crippen LogP) is 3.89. The van der Waals surface area contributed by atoms with Crippen LogP contribution in [0.1, 0.15) is 28.4 Å². The van der Waals surface area contributed by atoms with Crippen molar-refractivity contribution in [3.63, 3.8) is 0 Å². The van der Waals surface area contributed by atoms with E-state index >= 15 is 0 Å². The Balaban J connectivity index is 2.04. The van der Waals surface area contributed by atoms with E-state index in [0.29, 0.717) is 17.0 Å². The van der Waals surface area contributed by atoms with E-state index in [0.717, 1.165) is 5.56 Å². The van der Waals surface area contributed by atoms with Crippen molar-refractivity contribution in [2.75, 3.05) is 0 Å². The summed E-state index contributed by atoms with van der Waals surface area (Å²) < 4.78 is 0. The summed E-state index contributed by atoms with van der Waals surface area (Å²) in [5, 5.41) is 0.665. The molecule has 0 radical (unpaired) electrons. The van der Waals surface area contributed by atoms with Gasteiger partial charge in [-0.05, 0) is 36.2 Å². The van der Waals surface area contributed by atoms with Gasteiger partial charge in [0.25, 0.3) is 5.91 Å². The molecule has 0 heterocycles. The minimum Gasteiger partial charge on any atom is -0.287 e. The van der Waals surface area contributed by atoms with Gasteiger partial charge in [0.15, 0.2) is 0 Å². The lowest BCUT2D eigenvalue weighted by atomic mass is 10.0. The summed E-state index contributed by atoms with van der Waals surface area (Å²) in [5.74, 6) is -0.174. The summed E-state index contributed by atoms with van der Waals surface area (Å²) in [6.45, 7) is 3.75. The molecule has 0 unspecified atom stereocenters. The van der Waals surface area contributed by atoms with Crippen LogP contribution in [0.15, 0.2) is 67.3 Å². The third-order valence-corrected chi connectivity index (χ3v) is 3.28. The number of carbonyl (C=O) groups is 1. The number of amides is 1. The van der Waals surface area contributed by atoms with E-state index in [1.165, 1.54) is 0 Å². The van der Waals surface area contributed by atoms with E-state index < -0.39 is 0 Å². The van der Waals surface area contributed by atoms with E-state index in [-0.39, 0.29) is 11.9 Å². The first-order chi connectivity index (χ1) is 10.2. The lowest BCUT2D eigenvalue weighted by Gasteiger charge is -2.18. The highest BCUT2D eigenvalue weighted by atomic mass is 35.5. The van der Waals surface area contributed by atoms with Gasteiger partial charge in [-0.15, -0.1) is 6.58 Å². The zero-order chi connectivity index (χ0) is 15.1. The van der Waals surface area contributed by atoms with Crippen molar-refractivity contribution in [3.8, 4) is 0 Å². The summed E-state index contributed by atoms with van der Waals surface area (Å²) in [5.41, 5.74) is 7.36. The highest BCUT2D eigenvalue weighted by Gasteiger charge is 2.12. The molecule has 0 aliphatic heterocycles. The third-order valence-electron chi connectivity index (χ3n) is 3.05. The number of nitrogens with one attached hydrogen (secondary N) is 2. The number of hydrogen-bond acceptors (Lipinski definition) is 2. The van der Waals surface area contributed by atoms with Crippen LogP contribution in [0.2, 0.25) is 5.02 Å². The Morgan fingerprint density at radius 3 is 2.62 bits per heavy atom. The second kappa shape index (κ2) is 7.62. The summed E-state index contributed by atoms with van der Waals surface area (Å²) in [7, 11) is 0. The Kier molecular flexibility index (Phi) is 5.55. The lowest BCUT2D eigenvalue weighted by Crippen LogP contribution is -2.39. The van der Waals surface area contributed by atoms with Gasteiger partial charge in [0.1, 0.15) is 0 Å². The molecule has 2 N–H and O–H groups in total. The van der Waals surface area contributed by atoms with Gasteiger partial charge in [0.05, 0.1) is 6.04 Å². The van der Waals surface area contributed by atoms with Crippen molar-refractivity contribution in [1.82, 2.24) is 10.9 Å². The monoisotopic (exact) mass is 300 g/mol. The Labute approximate surface area is 129 Å². The Bertz CT molecular complexity index is 613. The minimum absolute atomic E-state index is 0.0751. The molecular formula is C17H17ClN2O. The third kappa shape index (κ3) is 4.45. The average molecular weight is 301 g/mol. The zero-order valence-electron chi connectivity index (χ0n) is 11.6. The van der Waals surface area contributed by atoms with Gasteiger partial charge in [0.2, 0.25) is 0 Å².